The number of carbonyl (C=O) groups is 1. The highest BCUT2D eigenvalue weighted by molar-refractivity contribution is 8.00. The minimum absolute atomic E-state index is 0.0199. The second-order valence-corrected chi connectivity index (χ2v) is 10.7. The Kier molecular flexibility index (Phi) is 7.28. The number of thioether (sulfide) groups is 1. The molecule has 1 aromatic heterocycles. The molecule has 1 amide bonds. The Balaban J connectivity index is 2.17. The molecule has 28 heavy (non-hydrogen) atoms. The normalized spacial score (nSPS) is 13.4. The van der Waals surface area contributed by atoms with Gasteiger partial charge in [-0.1, -0.05) is 83.6 Å². The van der Waals surface area contributed by atoms with Crippen molar-refractivity contribution in [2.45, 2.75) is 64.1 Å². The molecule has 2 rings (SSSR count). The van der Waals surface area contributed by atoms with Crippen molar-refractivity contribution < 1.29 is 9.53 Å². The molecule has 0 aliphatic heterocycles. The first-order chi connectivity index (χ1) is 13.0. The van der Waals surface area contributed by atoms with Crippen molar-refractivity contribution >= 4 is 17.7 Å². The van der Waals surface area contributed by atoms with Crippen LogP contribution in [-0.2, 0) is 23.2 Å². The van der Waals surface area contributed by atoms with E-state index in [0.29, 0.717) is 19.0 Å². The van der Waals surface area contributed by atoms with Crippen molar-refractivity contribution in [1.82, 2.24) is 20.1 Å². The number of ether oxygens (including phenoxy) is 1. The molecule has 7 heteroatoms. The molecule has 154 valence electrons. The molecule has 0 aliphatic rings. The van der Waals surface area contributed by atoms with E-state index in [9.17, 15) is 4.79 Å². The largest absolute Gasteiger partial charge is 0.374 e. The molecule has 0 saturated heterocycles. The Bertz CT molecular complexity index is 776. The van der Waals surface area contributed by atoms with Gasteiger partial charge in [0.2, 0.25) is 5.91 Å². The van der Waals surface area contributed by atoms with Gasteiger partial charge in [0.25, 0.3) is 0 Å². The van der Waals surface area contributed by atoms with Crippen molar-refractivity contribution in [2.24, 2.45) is 12.5 Å². The van der Waals surface area contributed by atoms with E-state index in [0.717, 1.165) is 10.7 Å². The Morgan fingerprint density at radius 1 is 1.14 bits per heavy atom. The van der Waals surface area contributed by atoms with Gasteiger partial charge >= 0.3 is 0 Å². The molecule has 1 N–H and O–H groups in total. The SMILES string of the molecule is Cn1c(SC(C)(C)C)nnc1[C@@H](COCc1ccccc1)NC(=O)C(C)(C)C. The van der Waals surface area contributed by atoms with E-state index < -0.39 is 5.41 Å². The average Bonchev–Trinajstić information content (AvgIpc) is 2.93. The summed E-state index contributed by atoms with van der Waals surface area (Å²) in [5.41, 5.74) is 0.588. The lowest BCUT2D eigenvalue weighted by atomic mass is 9.95. The summed E-state index contributed by atoms with van der Waals surface area (Å²) in [5.74, 6) is 0.645. The summed E-state index contributed by atoms with van der Waals surface area (Å²) >= 11 is 1.65. The van der Waals surface area contributed by atoms with Gasteiger partial charge in [0.1, 0.15) is 6.04 Å². The van der Waals surface area contributed by atoms with Gasteiger partial charge in [0, 0.05) is 17.2 Å². The van der Waals surface area contributed by atoms with Gasteiger partial charge in [-0.15, -0.1) is 10.2 Å². The fraction of sp³-hybridized carbons (Fsp3) is 0.571. The molecular formula is C21H32N4O2S. The Morgan fingerprint density at radius 3 is 2.36 bits per heavy atom. The summed E-state index contributed by atoms with van der Waals surface area (Å²) in [4.78, 5) is 12.6. The van der Waals surface area contributed by atoms with E-state index in [1.54, 1.807) is 11.8 Å². The molecule has 2 aromatic rings. The molecule has 0 aliphatic carbocycles. The van der Waals surface area contributed by atoms with Crippen molar-refractivity contribution in [1.29, 1.82) is 0 Å². The van der Waals surface area contributed by atoms with Gasteiger partial charge < -0.3 is 14.6 Å². The summed E-state index contributed by atoms with van der Waals surface area (Å²) in [5, 5.41) is 12.6. The molecule has 0 saturated carbocycles. The maximum Gasteiger partial charge on any atom is 0.226 e. The zero-order valence-corrected chi connectivity index (χ0v) is 18.8. The Labute approximate surface area is 172 Å². The van der Waals surface area contributed by atoms with Crippen molar-refractivity contribution in [3.05, 3.63) is 41.7 Å². The van der Waals surface area contributed by atoms with Gasteiger partial charge in [-0.25, -0.2) is 0 Å². The number of aromatic nitrogens is 3. The predicted molar refractivity (Wildman–Crippen MR) is 113 cm³/mol. The zero-order chi connectivity index (χ0) is 20.9. The molecule has 0 fully saturated rings. The van der Waals surface area contributed by atoms with Crippen LogP contribution in [0.3, 0.4) is 0 Å². The topological polar surface area (TPSA) is 69.0 Å². The Hall–Kier alpha value is -1.86. The maximum absolute atomic E-state index is 12.6. The van der Waals surface area contributed by atoms with E-state index in [1.807, 2.05) is 62.7 Å². The van der Waals surface area contributed by atoms with Gasteiger partial charge in [-0.2, -0.15) is 0 Å². The summed E-state index contributed by atoms with van der Waals surface area (Å²) in [6, 6.07) is 9.60. The second-order valence-electron chi connectivity index (χ2n) is 8.89. The van der Waals surface area contributed by atoms with Crippen molar-refractivity contribution in [3.8, 4) is 0 Å². The first-order valence-corrected chi connectivity index (χ1v) is 10.3. The third-order valence-electron chi connectivity index (χ3n) is 3.96. The van der Waals surface area contributed by atoms with Crippen LogP contribution < -0.4 is 5.32 Å². The van der Waals surface area contributed by atoms with E-state index >= 15 is 0 Å². The van der Waals surface area contributed by atoms with Crippen LogP contribution in [0.1, 0.15) is 59.0 Å². The number of rotatable bonds is 7. The fourth-order valence-corrected chi connectivity index (χ4v) is 3.28. The highest BCUT2D eigenvalue weighted by Gasteiger charge is 2.28. The van der Waals surface area contributed by atoms with Gasteiger partial charge in [0.15, 0.2) is 11.0 Å². The molecule has 1 heterocycles. The lowest BCUT2D eigenvalue weighted by molar-refractivity contribution is -0.129. The van der Waals surface area contributed by atoms with E-state index in [-0.39, 0.29) is 16.7 Å². The third-order valence-corrected chi connectivity index (χ3v) is 5.11. The monoisotopic (exact) mass is 404 g/mol. The molecule has 0 spiro atoms. The number of benzene rings is 1. The lowest BCUT2D eigenvalue weighted by Gasteiger charge is -2.24. The lowest BCUT2D eigenvalue weighted by Crippen LogP contribution is -2.40. The molecule has 0 radical (unpaired) electrons. The van der Waals surface area contributed by atoms with Crippen LogP contribution in [-0.4, -0.2) is 32.0 Å². The highest BCUT2D eigenvalue weighted by atomic mass is 32.2. The number of amides is 1. The van der Waals surface area contributed by atoms with Gasteiger partial charge in [0.05, 0.1) is 13.2 Å². The van der Waals surface area contributed by atoms with Crippen LogP contribution in [0.15, 0.2) is 35.5 Å². The fourth-order valence-electron chi connectivity index (χ4n) is 2.42. The number of carbonyl (C=O) groups excluding carboxylic acids is 1. The smallest absolute Gasteiger partial charge is 0.226 e. The first-order valence-electron chi connectivity index (χ1n) is 9.48. The van der Waals surface area contributed by atoms with Gasteiger partial charge in [-0.05, 0) is 5.56 Å². The summed E-state index contributed by atoms with van der Waals surface area (Å²) in [6.07, 6.45) is 0. The van der Waals surface area contributed by atoms with Crippen LogP contribution in [0, 0.1) is 5.41 Å². The molecular weight excluding hydrogens is 372 g/mol. The Morgan fingerprint density at radius 2 is 1.79 bits per heavy atom. The van der Waals surface area contributed by atoms with Crippen LogP contribution in [0.5, 0.6) is 0 Å². The minimum atomic E-state index is -0.501. The van der Waals surface area contributed by atoms with Crippen molar-refractivity contribution in [2.75, 3.05) is 6.61 Å². The summed E-state index contributed by atoms with van der Waals surface area (Å²) < 4.78 is 7.87. The van der Waals surface area contributed by atoms with Gasteiger partial charge in [-0.3, -0.25) is 4.79 Å². The quantitative estimate of drug-likeness (QED) is 0.703. The number of nitrogens with zero attached hydrogens (tertiary/aromatic N) is 3. The minimum Gasteiger partial charge on any atom is -0.374 e. The van der Waals surface area contributed by atoms with Crippen LogP contribution in [0.25, 0.3) is 0 Å². The zero-order valence-electron chi connectivity index (χ0n) is 17.9. The van der Waals surface area contributed by atoms with Crippen LogP contribution >= 0.6 is 11.8 Å². The second kappa shape index (κ2) is 9.09. The first kappa shape index (κ1) is 22.4. The number of nitrogens with one attached hydrogen (secondary N) is 1. The maximum atomic E-state index is 12.6. The summed E-state index contributed by atoms with van der Waals surface area (Å²) in [6.45, 7) is 12.9. The average molecular weight is 405 g/mol. The molecule has 1 atom stereocenters. The number of hydrogen-bond donors (Lipinski definition) is 1. The van der Waals surface area contributed by atoms with Crippen LogP contribution in [0.2, 0.25) is 0 Å². The molecule has 6 nitrogen and oxygen atoms in total. The highest BCUT2D eigenvalue weighted by Crippen LogP contribution is 2.31. The van der Waals surface area contributed by atoms with E-state index in [1.165, 1.54) is 0 Å². The molecule has 1 aromatic carbocycles. The van der Waals surface area contributed by atoms with Crippen LogP contribution in [0.4, 0.5) is 0 Å². The van der Waals surface area contributed by atoms with Crippen molar-refractivity contribution in [3.63, 3.8) is 0 Å². The number of hydrogen-bond acceptors (Lipinski definition) is 5. The summed E-state index contributed by atoms with van der Waals surface area (Å²) in [7, 11) is 1.93. The van der Waals surface area contributed by atoms with E-state index in [2.05, 4.69) is 36.3 Å². The third kappa shape index (κ3) is 6.63. The van der Waals surface area contributed by atoms with E-state index in [4.69, 9.17) is 4.74 Å². The molecule has 0 unspecified atom stereocenters. The molecule has 0 bridgehead atoms. The standard InChI is InChI=1S/C21H32N4O2S/c1-20(2,3)18(26)22-16(14-27-13-15-11-9-8-10-12-15)17-23-24-19(25(17)7)28-21(4,5)6/h8-12,16H,13-14H2,1-7H3,(H,22,26)/t16-/m1/s1. The predicted octanol–water partition coefficient (Wildman–Crippen LogP) is 4.13.